The maximum atomic E-state index is 13.2. The third-order valence-corrected chi connectivity index (χ3v) is 5.24. The molecule has 0 spiro atoms. The summed E-state index contributed by atoms with van der Waals surface area (Å²) < 4.78 is 23.7. The quantitative estimate of drug-likeness (QED) is 0.608. The highest BCUT2D eigenvalue weighted by atomic mass is 19.1. The van der Waals surface area contributed by atoms with E-state index in [1.165, 1.54) is 18.4 Å². The summed E-state index contributed by atoms with van der Waals surface area (Å²) in [7, 11) is 0. The van der Waals surface area contributed by atoms with Gasteiger partial charge in [-0.2, -0.15) is 0 Å². The van der Waals surface area contributed by atoms with Crippen molar-refractivity contribution in [2.24, 2.45) is 10.9 Å². The molecule has 0 radical (unpaired) electrons. The smallest absolute Gasteiger partial charge is 0.321 e. The average Bonchev–Trinajstić information content (AvgIpc) is 3.29. The van der Waals surface area contributed by atoms with Crippen LogP contribution in [-0.2, 0) is 14.3 Å². The molecule has 0 bridgehead atoms. The van der Waals surface area contributed by atoms with Crippen molar-refractivity contribution in [3.05, 3.63) is 54.2 Å². The molecule has 1 saturated heterocycles. The molecule has 1 N–H and O–H groups in total. The van der Waals surface area contributed by atoms with Crippen LogP contribution in [0.4, 0.5) is 10.1 Å². The SMILES string of the molecule is CCOC(=O)[C@@H]1C(=O)NC(N2CCN(c3ccc(F)cc3)CC2)=N[C@@H]1c1ccco1. The number of piperazine rings is 1. The highest BCUT2D eigenvalue weighted by Gasteiger charge is 2.43. The van der Waals surface area contributed by atoms with Gasteiger partial charge in [-0.3, -0.25) is 14.9 Å². The largest absolute Gasteiger partial charge is 0.467 e. The molecule has 2 aliphatic heterocycles. The first-order valence-corrected chi connectivity index (χ1v) is 9.91. The van der Waals surface area contributed by atoms with Crippen LogP contribution in [0, 0.1) is 11.7 Å². The number of hydrogen-bond donors (Lipinski definition) is 1. The first-order valence-electron chi connectivity index (χ1n) is 9.91. The molecule has 0 aliphatic carbocycles. The zero-order valence-corrected chi connectivity index (χ0v) is 16.6. The molecule has 0 unspecified atom stereocenters. The maximum Gasteiger partial charge on any atom is 0.321 e. The van der Waals surface area contributed by atoms with Crippen molar-refractivity contribution in [2.75, 3.05) is 37.7 Å². The molecular weight excluding hydrogens is 391 g/mol. The van der Waals surface area contributed by atoms with Crippen molar-refractivity contribution in [1.29, 1.82) is 0 Å². The second kappa shape index (κ2) is 8.56. The topological polar surface area (TPSA) is 87.4 Å². The Labute approximate surface area is 173 Å². The fourth-order valence-corrected chi connectivity index (χ4v) is 3.71. The summed E-state index contributed by atoms with van der Waals surface area (Å²) in [5.74, 6) is -1.59. The predicted octanol–water partition coefficient (Wildman–Crippen LogP) is 1.95. The van der Waals surface area contributed by atoms with Gasteiger partial charge < -0.3 is 19.0 Å². The Bertz CT molecular complexity index is 921. The van der Waals surface area contributed by atoms with Crippen molar-refractivity contribution in [1.82, 2.24) is 10.2 Å². The molecule has 1 aromatic carbocycles. The van der Waals surface area contributed by atoms with Gasteiger partial charge in [-0.1, -0.05) is 0 Å². The lowest BCUT2D eigenvalue weighted by atomic mass is 9.95. The van der Waals surface area contributed by atoms with Crippen molar-refractivity contribution in [2.45, 2.75) is 13.0 Å². The summed E-state index contributed by atoms with van der Waals surface area (Å²) in [5.41, 5.74) is 0.946. The van der Waals surface area contributed by atoms with Gasteiger partial charge in [0.2, 0.25) is 11.9 Å². The number of ether oxygens (including phenoxy) is 1. The highest BCUT2D eigenvalue weighted by Crippen LogP contribution is 2.31. The van der Waals surface area contributed by atoms with E-state index in [1.54, 1.807) is 31.2 Å². The molecule has 2 aliphatic rings. The third-order valence-electron chi connectivity index (χ3n) is 5.24. The van der Waals surface area contributed by atoms with Gasteiger partial charge in [0, 0.05) is 31.9 Å². The first kappa shape index (κ1) is 19.9. The Morgan fingerprint density at radius 2 is 1.90 bits per heavy atom. The minimum absolute atomic E-state index is 0.176. The second-order valence-electron chi connectivity index (χ2n) is 7.08. The minimum Gasteiger partial charge on any atom is -0.467 e. The predicted molar refractivity (Wildman–Crippen MR) is 107 cm³/mol. The van der Waals surface area contributed by atoms with E-state index >= 15 is 0 Å². The zero-order valence-electron chi connectivity index (χ0n) is 16.6. The summed E-state index contributed by atoms with van der Waals surface area (Å²) >= 11 is 0. The second-order valence-corrected chi connectivity index (χ2v) is 7.08. The number of nitrogens with zero attached hydrogens (tertiary/aromatic N) is 3. The van der Waals surface area contributed by atoms with Crippen LogP contribution >= 0.6 is 0 Å². The number of furan rings is 1. The van der Waals surface area contributed by atoms with Gasteiger partial charge in [-0.05, 0) is 43.3 Å². The van der Waals surface area contributed by atoms with E-state index in [9.17, 15) is 14.0 Å². The normalized spacial score (nSPS) is 21.8. The van der Waals surface area contributed by atoms with E-state index in [2.05, 4.69) is 15.2 Å². The van der Waals surface area contributed by atoms with Gasteiger partial charge in [-0.25, -0.2) is 9.38 Å². The van der Waals surface area contributed by atoms with E-state index in [0.29, 0.717) is 37.9 Å². The molecule has 0 saturated carbocycles. The monoisotopic (exact) mass is 414 g/mol. The highest BCUT2D eigenvalue weighted by molar-refractivity contribution is 6.08. The summed E-state index contributed by atoms with van der Waals surface area (Å²) in [5, 5.41) is 2.76. The summed E-state index contributed by atoms with van der Waals surface area (Å²) in [6.07, 6.45) is 1.49. The van der Waals surface area contributed by atoms with Gasteiger partial charge in [0.15, 0.2) is 5.92 Å². The summed E-state index contributed by atoms with van der Waals surface area (Å²) in [6.45, 7) is 4.47. The van der Waals surface area contributed by atoms with E-state index in [1.807, 2.05) is 4.90 Å². The molecule has 2 aromatic rings. The zero-order chi connectivity index (χ0) is 21.1. The maximum absolute atomic E-state index is 13.2. The lowest BCUT2D eigenvalue weighted by Crippen LogP contribution is -2.57. The molecule has 4 rings (SSSR count). The van der Waals surface area contributed by atoms with Crippen LogP contribution in [0.25, 0.3) is 0 Å². The standard InChI is InChI=1S/C21H23FN4O4/c1-2-29-20(28)17-18(16-4-3-13-30-16)23-21(24-19(17)27)26-11-9-25(10-12-26)15-7-5-14(22)6-8-15/h3-8,13,17-18H,2,9-12H2,1H3,(H,23,24,27)/t17-,18+/m0/s1. The number of carbonyl (C=O) groups is 2. The molecule has 8 nitrogen and oxygen atoms in total. The Kier molecular flexibility index (Phi) is 5.69. The molecular formula is C21H23FN4O4. The molecule has 9 heteroatoms. The number of benzene rings is 1. The van der Waals surface area contributed by atoms with Gasteiger partial charge in [0.25, 0.3) is 0 Å². The minimum atomic E-state index is -1.10. The number of halogens is 1. The van der Waals surface area contributed by atoms with E-state index in [0.717, 1.165) is 5.69 Å². The van der Waals surface area contributed by atoms with Gasteiger partial charge in [0.1, 0.15) is 17.6 Å². The van der Waals surface area contributed by atoms with Gasteiger partial charge >= 0.3 is 5.97 Å². The fourth-order valence-electron chi connectivity index (χ4n) is 3.71. The van der Waals surface area contributed by atoms with Crippen LogP contribution in [-0.4, -0.2) is 55.5 Å². The van der Waals surface area contributed by atoms with Crippen LogP contribution < -0.4 is 10.2 Å². The lowest BCUT2D eigenvalue weighted by molar-refractivity contribution is -0.153. The number of esters is 1. The van der Waals surface area contributed by atoms with E-state index in [-0.39, 0.29) is 12.4 Å². The van der Waals surface area contributed by atoms with E-state index in [4.69, 9.17) is 9.15 Å². The van der Waals surface area contributed by atoms with E-state index < -0.39 is 23.8 Å². The molecule has 2 atom stereocenters. The number of nitrogens with one attached hydrogen (secondary N) is 1. The van der Waals surface area contributed by atoms with Gasteiger partial charge in [-0.15, -0.1) is 0 Å². The summed E-state index contributed by atoms with van der Waals surface area (Å²) in [4.78, 5) is 33.9. The number of aliphatic imine (C=N–C) groups is 1. The first-order chi connectivity index (χ1) is 14.6. The number of guanidine groups is 1. The van der Waals surface area contributed by atoms with Crippen molar-refractivity contribution in [3.8, 4) is 0 Å². The number of anilines is 1. The van der Waals surface area contributed by atoms with Crippen LogP contribution in [0.15, 0.2) is 52.1 Å². The van der Waals surface area contributed by atoms with Gasteiger partial charge in [0.05, 0.1) is 12.9 Å². The van der Waals surface area contributed by atoms with Crippen LogP contribution in [0.5, 0.6) is 0 Å². The number of rotatable bonds is 4. The van der Waals surface area contributed by atoms with Crippen molar-refractivity contribution in [3.63, 3.8) is 0 Å². The fraction of sp³-hybridized carbons (Fsp3) is 0.381. The molecule has 30 heavy (non-hydrogen) atoms. The summed E-state index contributed by atoms with van der Waals surface area (Å²) in [6, 6.07) is 9.00. The molecule has 1 amide bonds. The molecule has 1 fully saturated rings. The molecule has 158 valence electrons. The molecule has 3 heterocycles. The number of amides is 1. The van der Waals surface area contributed by atoms with Crippen LogP contribution in [0.3, 0.4) is 0 Å². The number of carbonyl (C=O) groups excluding carboxylic acids is 2. The number of hydrogen-bond acceptors (Lipinski definition) is 7. The Morgan fingerprint density at radius 3 is 2.53 bits per heavy atom. The van der Waals surface area contributed by atoms with Crippen molar-refractivity contribution < 1.29 is 23.1 Å². The van der Waals surface area contributed by atoms with Crippen molar-refractivity contribution >= 4 is 23.5 Å². The third kappa shape index (κ3) is 4.00. The van der Waals surface area contributed by atoms with Crippen LogP contribution in [0.2, 0.25) is 0 Å². The average molecular weight is 414 g/mol. The van der Waals surface area contributed by atoms with Crippen LogP contribution in [0.1, 0.15) is 18.7 Å². The Balaban J connectivity index is 1.51. The molecule has 1 aromatic heterocycles. The Morgan fingerprint density at radius 1 is 1.20 bits per heavy atom. The lowest BCUT2D eigenvalue weighted by Gasteiger charge is -2.39. The Hall–Kier alpha value is -3.36.